The molecule has 5 nitrogen and oxygen atoms in total. The molecule has 2 aromatic carbocycles. The molecule has 0 heterocycles. The number of halogens is 3. The molecule has 0 unspecified atom stereocenters. The van der Waals surface area contributed by atoms with Crippen LogP contribution in [0, 0.1) is 0 Å². The van der Waals surface area contributed by atoms with Gasteiger partial charge in [0.15, 0.2) is 0 Å². The number of carboxylic acids is 1. The molecule has 0 spiro atoms. The molecule has 0 aliphatic heterocycles. The van der Waals surface area contributed by atoms with Crippen LogP contribution in [0.15, 0.2) is 53.4 Å². The molecule has 0 radical (unpaired) electrons. The van der Waals surface area contributed by atoms with Crippen LogP contribution in [-0.4, -0.2) is 19.5 Å². The highest BCUT2D eigenvalue weighted by Crippen LogP contribution is 2.30. The van der Waals surface area contributed by atoms with Gasteiger partial charge in [0, 0.05) is 5.69 Å². The summed E-state index contributed by atoms with van der Waals surface area (Å²) in [7, 11) is -4.11. The van der Waals surface area contributed by atoms with E-state index in [1.165, 1.54) is 18.2 Å². The van der Waals surface area contributed by atoms with E-state index in [9.17, 15) is 26.4 Å². The molecule has 0 aliphatic carbocycles. The maximum absolute atomic E-state index is 12.4. The molecule has 0 amide bonds. The van der Waals surface area contributed by atoms with Crippen LogP contribution in [0.5, 0.6) is 0 Å². The van der Waals surface area contributed by atoms with E-state index >= 15 is 0 Å². The Balaban J connectivity index is 2.28. The number of aromatic carboxylic acids is 1. The summed E-state index contributed by atoms with van der Waals surface area (Å²) in [5, 5.41) is 8.85. The molecule has 122 valence electrons. The van der Waals surface area contributed by atoms with Crippen molar-refractivity contribution in [2.75, 3.05) is 4.72 Å². The highest BCUT2D eigenvalue weighted by molar-refractivity contribution is 7.92. The minimum Gasteiger partial charge on any atom is -0.478 e. The number of carboxylic acid groups (broad SMARTS) is 1. The quantitative estimate of drug-likeness (QED) is 0.891. The molecular weight excluding hydrogens is 335 g/mol. The Hall–Kier alpha value is -2.55. The summed E-state index contributed by atoms with van der Waals surface area (Å²) in [5.74, 6) is -1.29. The third-order valence-corrected chi connectivity index (χ3v) is 4.23. The fourth-order valence-corrected chi connectivity index (χ4v) is 2.84. The molecule has 2 N–H and O–H groups in total. The van der Waals surface area contributed by atoms with Crippen molar-refractivity contribution in [3.05, 3.63) is 59.7 Å². The molecule has 2 rings (SSSR count). The highest BCUT2D eigenvalue weighted by Gasteiger charge is 2.30. The zero-order chi connectivity index (χ0) is 17.3. The largest absolute Gasteiger partial charge is 0.478 e. The third kappa shape index (κ3) is 4.01. The molecule has 0 aromatic heterocycles. The van der Waals surface area contributed by atoms with Gasteiger partial charge in [-0.25, -0.2) is 13.2 Å². The Morgan fingerprint density at radius 1 is 1.04 bits per heavy atom. The van der Waals surface area contributed by atoms with Crippen molar-refractivity contribution >= 4 is 21.7 Å². The average molecular weight is 345 g/mol. The van der Waals surface area contributed by atoms with Crippen molar-refractivity contribution < 1.29 is 31.5 Å². The van der Waals surface area contributed by atoms with Gasteiger partial charge in [0.2, 0.25) is 0 Å². The van der Waals surface area contributed by atoms with Crippen molar-refractivity contribution in [1.82, 2.24) is 0 Å². The normalized spacial score (nSPS) is 12.0. The number of sulfonamides is 1. The molecule has 0 bridgehead atoms. The Kier molecular flexibility index (Phi) is 4.33. The minimum absolute atomic E-state index is 0.0706. The summed E-state index contributed by atoms with van der Waals surface area (Å²) >= 11 is 0. The first-order valence-electron chi connectivity index (χ1n) is 6.13. The Labute approximate surface area is 129 Å². The zero-order valence-corrected chi connectivity index (χ0v) is 12.1. The van der Waals surface area contributed by atoms with E-state index in [2.05, 4.69) is 4.72 Å². The van der Waals surface area contributed by atoms with Crippen molar-refractivity contribution in [1.29, 1.82) is 0 Å². The lowest BCUT2D eigenvalue weighted by atomic mass is 10.2. The van der Waals surface area contributed by atoms with Crippen LogP contribution >= 0.6 is 0 Å². The molecule has 2 aromatic rings. The van der Waals surface area contributed by atoms with E-state index < -0.39 is 27.7 Å². The van der Waals surface area contributed by atoms with Crippen LogP contribution in [0.2, 0.25) is 0 Å². The second-order valence-corrected chi connectivity index (χ2v) is 6.20. The maximum Gasteiger partial charge on any atom is 0.416 e. The monoisotopic (exact) mass is 345 g/mol. The summed E-state index contributed by atoms with van der Waals surface area (Å²) in [6, 6.07) is 8.04. The molecular formula is C14H10F3NO4S. The summed E-state index contributed by atoms with van der Waals surface area (Å²) in [4.78, 5) is 10.5. The maximum atomic E-state index is 12.4. The van der Waals surface area contributed by atoms with Gasteiger partial charge in [-0.05, 0) is 42.5 Å². The van der Waals surface area contributed by atoms with Crippen LogP contribution in [-0.2, 0) is 16.2 Å². The summed E-state index contributed by atoms with van der Waals surface area (Å²) < 4.78 is 63.7. The standard InChI is InChI=1S/C14H10F3NO4S/c15-14(16,17)10-4-6-11(7-5-10)18-23(21,22)12-3-1-2-9(8-12)13(19)20/h1-8,18H,(H,19,20). The minimum atomic E-state index is -4.52. The fraction of sp³-hybridized carbons (Fsp3) is 0.0714. The van der Waals surface area contributed by atoms with Gasteiger partial charge >= 0.3 is 12.1 Å². The Bertz CT molecular complexity index is 830. The summed E-state index contributed by atoms with van der Waals surface area (Å²) in [6.07, 6.45) is -4.52. The van der Waals surface area contributed by atoms with E-state index in [0.29, 0.717) is 0 Å². The summed E-state index contributed by atoms with van der Waals surface area (Å²) in [6.45, 7) is 0. The number of benzene rings is 2. The lowest BCUT2D eigenvalue weighted by Crippen LogP contribution is -2.14. The Morgan fingerprint density at radius 3 is 2.17 bits per heavy atom. The molecule has 23 heavy (non-hydrogen) atoms. The van der Waals surface area contributed by atoms with Gasteiger partial charge in [0.05, 0.1) is 16.0 Å². The molecule has 0 saturated carbocycles. The van der Waals surface area contributed by atoms with Crippen LogP contribution in [0.4, 0.5) is 18.9 Å². The van der Waals surface area contributed by atoms with Crippen molar-refractivity contribution in [3.63, 3.8) is 0 Å². The van der Waals surface area contributed by atoms with Crippen molar-refractivity contribution in [2.45, 2.75) is 11.1 Å². The molecule has 0 aliphatic rings. The van der Waals surface area contributed by atoms with Gasteiger partial charge < -0.3 is 5.11 Å². The number of carbonyl (C=O) groups is 1. The van der Waals surface area contributed by atoms with Crippen LogP contribution in [0.1, 0.15) is 15.9 Å². The second-order valence-electron chi connectivity index (χ2n) is 4.51. The smallest absolute Gasteiger partial charge is 0.416 e. The summed E-state index contributed by atoms with van der Waals surface area (Å²) in [5.41, 5.74) is -1.20. The predicted molar refractivity (Wildman–Crippen MR) is 75.7 cm³/mol. The van der Waals surface area contributed by atoms with Gasteiger partial charge in [0.1, 0.15) is 0 Å². The van der Waals surface area contributed by atoms with Crippen LogP contribution < -0.4 is 4.72 Å². The lowest BCUT2D eigenvalue weighted by Gasteiger charge is -2.10. The number of anilines is 1. The number of nitrogens with one attached hydrogen (secondary N) is 1. The molecule has 9 heteroatoms. The van der Waals surface area contributed by atoms with Gasteiger partial charge in [-0.2, -0.15) is 13.2 Å². The molecule has 0 atom stereocenters. The fourth-order valence-electron chi connectivity index (χ4n) is 1.74. The van der Waals surface area contributed by atoms with Crippen molar-refractivity contribution in [2.24, 2.45) is 0 Å². The highest BCUT2D eigenvalue weighted by atomic mass is 32.2. The first-order chi connectivity index (χ1) is 10.6. The average Bonchev–Trinajstić information content (AvgIpc) is 2.46. The Morgan fingerprint density at radius 2 is 1.65 bits per heavy atom. The van der Waals surface area contributed by atoms with E-state index in [1.807, 2.05) is 0 Å². The molecule has 0 saturated heterocycles. The zero-order valence-electron chi connectivity index (χ0n) is 11.3. The number of alkyl halides is 3. The third-order valence-electron chi connectivity index (χ3n) is 2.86. The number of hydrogen-bond acceptors (Lipinski definition) is 3. The predicted octanol–water partition coefficient (Wildman–Crippen LogP) is 3.20. The van der Waals surface area contributed by atoms with Crippen LogP contribution in [0.25, 0.3) is 0 Å². The number of rotatable bonds is 4. The van der Waals surface area contributed by atoms with Crippen LogP contribution in [0.3, 0.4) is 0 Å². The molecule has 0 fully saturated rings. The van der Waals surface area contributed by atoms with E-state index in [-0.39, 0.29) is 16.1 Å². The van der Waals surface area contributed by atoms with Gasteiger partial charge in [-0.3, -0.25) is 4.72 Å². The van der Waals surface area contributed by atoms with Gasteiger partial charge in [0.25, 0.3) is 10.0 Å². The topological polar surface area (TPSA) is 83.5 Å². The van der Waals surface area contributed by atoms with Crippen molar-refractivity contribution in [3.8, 4) is 0 Å². The lowest BCUT2D eigenvalue weighted by molar-refractivity contribution is -0.137. The van der Waals surface area contributed by atoms with E-state index in [1.54, 1.807) is 0 Å². The first kappa shape index (κ1) is 16.8. The van der Waals surface area contributed by atoms with Gasteiger partial charge in [-0.1, -0.05) is 6.07 Å². The number of hydrogen-bond donors (Lipinski definition) is 2. The van der Waals surface area contributed by atoms with Gasteiger partial charge in [-0.15, -0.1) is 0 Å². The SMILES string of the molecule is O=C(O)c1cccc(S(=O)(=O)Nc2ccc(C(F)(F)F)cc2)c1. The first-order valence-corrected chi connectivity index (χ1v) is 7.61. The van der Waals surface area contributed by atoms with E-state index in [4.69, 9.17) is 5.11 Å². The second kappa shape index (κ2) is 5.92. The van der Waals surface area contributed by atoms with E-state index in [0.717, 1.165) is 30.3 Å².